The van der Waals surface area contributed by atoms with Crippen LogP contribution < -0.4 is 5.73 Å². The lowest BCUT2D eigenvalue weighted by molar-refractivity contribution is -0.137. The van der Waals surface area contributed by atoms with Crippen molar-refractivity contribution in [1.82, 2.24) is 0 Å². The maximum atomic E-state index is 9.95. The predicted molar refractivity (Wildman–Crippen MR) is 35.2 cm³/mol. The smallest absolute Gasteiger partial charge is 0.304 e. The van der Waals surface area contributed by atoms with Crippen molar-refractivity contribution in [2.45, 2.75) is 17.8 Å². The maximum absolute atomic E-state index is 9.95. The van der Waals surface area contributed by atoms with Crippen molar-refractivity contribution in [1.29, 1.82) is 0 Å². The highest BCUT2D eigenvalue weighted by Gasteiger charge is 2.13. The van der Waals surface area contributed by atoms with Crippen molar-refractivity contribution >= 4 is 17.6 Å². The molecule has 53 valence electrons. The van der Waals surface area contributed by atoms with Crippen LogP contribution in [-0.2, 0) is 4.79 Å². The van der Waals surface area contributed by atoms with Crippen LogP contribution in [0.2, 0.25) is 0 Å². The summed E-state index contributed by atoms with van der Waals surface area (Å²) in [5.74, 6) is -0.950. The number of hydrogen-bond donors (Lipinski definition) is 2. The quantitative estimate of drug-likeness (QED) is 0.567. The lowest BCUT2D eigenvalue weighted by Gasteiger charge is -2.08. The van der Waals surface area contributed by atoms with E-state index >= 15 is 0 Å². The van der Waals surface area contributed by atoms with E-state index in [0.717, 1.165) is 0 Å². The fraction of sp³-hybridized carbons (Fsp3) is 0.600. The molecule has 0 saturated carbocycles. The standard InChI is InChI=1S/C5H9ClNO2/c1-3(7)4(6)2-5(8)9/h3-4H,1-2,7H2,(H,8,9). The average Bonchev–Trinajstić information content (AvgIpc) is 1.63. The number of rotatable bonds is 3. The molecule has 0 aromatic carbocycles. The molecule has 0 aliphatic carbocycles. The van der Waals surface area contributed by atoms with Gasteiger partial charge in [-0.2, -0.15) is 0 Å². The second kappa shape index (κ2) is 3.69. The van der Waals surface area contributed by atoms with Crippen molar-refractivity contribution in [3.05, 3.63) is 6.92 Å². The third-order valence-corrected chi connectivity index (χ3v) is 1.31. The zero-order valence-electron chi connectivity index (χ0n) is 4.88. The molecule has 0 aliphatic heterocycles. The Kier molecular flexibility index (Phi) is 3.58. The van der Waals surface area contributed by atoms with Gasteiger partial charge in [0.25, 0.3) is 0 Å². The lowest BCUT2D eigenvalue weighted by atomic mass is 10.2. The van der Waals surface area contributed by atoms with Crippen LogP contribution in [0.4, 0.5) is 0 Å². The molecule has 0 aliphatic rings. The van der Waals surface area contributed by atoms with Crippen molar-refractivity contribution in [2.75, 3.05) is 0 Å². The molecule has 2 atom stereocenters. The molecule has 3 N–H and O–H groups in total. The van der Waals surface area contributed by atoms with Crippen LogP contribution in [0, 0.1) is 6.92 Å². The Hall–Kier alpha value is -0.280. The van der Waals surface area contributed by atoms with Crippen LogP contribution in [0.15, 0.2) is 0 Å². The minimum atomic E-state index is -0.950. The molecule has 0 fully saturated rings. The Labute approximate surface area is 58.8 Å². The van der Waals surface area contributed by atoms with Crippen molar-refractivity contribution in [3.8, 4) is 0 Å². The first-order valence-corrected chi connectivity index (χ1v) is 2.92. The van der Waals surface area contributed by atoms with Crippen molar-refractivity contribution < 1.29 is 9.90 Å². The minimum Gasteiger partial charge on any atom is -0.481 e. The molecule has 0 heterocycles. The SMILES string of the molecule is [CH2]C(N)C(Cl)CC(=O)O. The fourth-order valence-corrected chi connectivity index (χ4v) is 0.450. The molecular formula is C5H9ClNO2. The van der Waals surface area contributed by atoms with Gasteiger partial charge in [0.05, 0.1) is 11.8 Å². The number of hydrogen-bond acceptors (Lipinski definition) is 2. The van der Waals surface area contributed by atoms with Crippen molar-refractivity contribution in [2.24, 2.45) is 5.73 Å². The van der Waals surface area contributed by atoms with Gasteiger partial charge in [-0.05, 0) is 6.92 Å². The summed E-state index contributed by atoms with van der Waals surface area (Å²) in [6.07, 6.45) is -0.133. The van der Waals surface area contributed by atoms with E-state index in [2.05, 4.69) is 6.92 Å². The Morgan fingerprint density at radius 3 is 2.44 bits per heavy atom. The molecule has 0 bridgehead atoms. The third-order valence-electron chi connectivity index (χ3n) is 0.834. The number of nitrogens with two attached hydrogens (primary N) is 1. The summed E-state index contributed by atoms with van der Waals surface area (Å²) in [5, 5.41) is 7.60. The summed E-state index contributed by atoms with van der Waals surface area (Å²) in [5.41, 5.74) is 5.18. The van der Waals surface area contributed by atoms with Crippen LogP contribution in [-0.4, -0.2) is 22.5 Å². The Morgan fingerprint density at radius 1 is 1.89 bits per heavy atom. The molecular weight excluding hydrogens is 142 g/mol. The predicted octanol–water partition coefficient (Wildman–Crippen LogP) is 0.230. The van der Waals surface area contributed by atoms with Gasteiger partial charge in [-0.3, -0.25) is 4.79 Å². The molecule has 3 nitrogen and oxygen atoms in total. The number of carboxylic acid groups (broad SMARTS) is 1. The molecule has 0 spiro atoms. The first kappa shape index (κ1) is 8.72. The molecule has 1 radical (unpaired) electrons. The van der Waals surface area contributed by atoms with Gasteiger partial charge in [-0.25, -0.2) is 0 Å². The van der Waals surface area contributed by atoms with Gasteiger partial charge >= 0.3 is 5.97 Å². The molecule has 0 aromatic heterocycles. The van der Waals surface area contributed by atoms with Gasteiger partial charge in [0.15, 0.2) is 0 Å². The molecule has 0 aromatic rings. The number of alkyl halides is 1. The molecule has 0 rings (SSSR count). The normalized spacial score (nSPS) is 16.8. The number of carboxylic acids is 1. The molecule has 0 amide bonds. The topological polar surface area (TPSA) is 63.3 Å². The van der Waals surface area contributed by atoms with E-state index in [1.807, 2.05) is 0 Å². The largest absolute Gasteiger partial charge is 0.481 e. The van der Waals surface area contributed by atoms with Gasteiger partial charge in [-0.15, -0.1) is 11.6 Å². The first-order valence-electron chi connectivity index (χ1n) is 2.48. The molecule has 4 heteroatoms. The molecule has 9 heavy (non-hydrogen) atoms. The van der Waals surface area contributed by atoms with E-state index in [1.54, 1.807) is 0 Å². The number of carbonyl (C=O) groups is 1. The zero-order chi connectivity index (χ0) is 7.44. The van der Waals surface area contributed by atoms with Crippen LogP contribution >= 0.6 is 11.6 Å². The number of aliphatic carboxylic acids is 1. The van der Waals surface area contributed by atoms with Gasteiger partial charge in [0, 0.05) is 6.04 Å². The minimum absolute atomic E-state index is 0.133. The Morgan fingerprint density at radius 2 is 2.33 bits per heavy atom. The van der Waals surface area contributed by atoms with Crippen LogP contribution in [0.25, 0.3) is 0 Å². The van der Waals surface area contributed by atoms with Gasteiger partial charge < -0.3 is 10.8 Å². The van der Waals surface area contributed by atoms with Crippen molar-refractivity contribution in [3.63, 3.8) is 0 Å². The monoisotopic (exact) mass is 150 g/mol. The summed E-state index contributed by atoms with van der Waals surface area (Å²) < 4.78 is 0. The summed E-state index contributed by atoms with van der Waals surface area (Å²) in [4.78, 5) is 9.95. The molecule has 0 saturated heterocycles. The van der Waals surface area contributed by atoms with Gasteiger partial charge in [0.1, 0.15) is 0 Å². The van der Waals surface area contributed by atoms with E-state index in [1.165, 1.54) is 0 Å². The highest BCUT2D eigenvalue weighted by Crippen LogP contribution is 2.04. The highest BCUT2D eigenvalue weighted by atomic mass is 35.5. The Balaban J connectivity index is 3.50. The second-order valence-corrected chi connectivity index (χ2v) is 2.34. The van der Waals surface area contributed by atoms with E-state index in [-0.39, 0.29) is 6.42 Å². The fourth-order valence-electron chi connectivity index (χ4n) is 0.318. The van der Waals surface area contributed by atoms with Crippen LogP contribution in [0.3, 0.4) is 0 Å². The third kappa shape index (κ3) is 4.24. The van der Waals surface area contributed by atoms with E-state index in [4.69, 9.17) is 22.4 Å². The summed E-state index contributed by atoms with van der Waals surface area (Å²) >= 11 is 5.44. The van der Waals surface area contributed by atoms with E-state index in [0.29, 0.717) is 0 Å². The molecule has 2 unspecified atom stereocenters. The summed E-state index contributed by atoms with van der Waals surface area (Å²) in [7, 11) is 0. The van der Waals surface area contributed by atoms with E-state index < -0.39 is 17.4 Å². The van der Waals surface area contributed by atoms with Crippen LogP contribution in [0.5, 0.6) is 0 Å². The summed E-state index contributed by atoms with van der Waals surface area (Å²) in [6, 6.07) is -0.511. The highest BCUT2D eigenvalue weighted by molar-refractivity contribution is 6.22. The first-order chi connectivity index (χ1) is 4.04. The van der Waals surface area contributed by atoms with Gasteiger partial charge in [-0.1, -0.05) is 0 Å². The maximum Gasteiger partial charge on any atom is 0.304 e. The van der Waals surface area contributed by atoms with E-state index in [9.17, 15) is 4.79 Å². The number of halogens is 1. The van der Waals surface area contributed by atoms with Crippen LogP contribution in [0.1, 0.15) is 6.42 Å². The lowest BCUT2D eigenvalue weighted by Crippen LogP contribution is -2.29. The van der Waals surface area contributed by atoms with Gasteiger partial charge in [0.2, 0.25) is 0 Å². The zero-order valence-corrected chi connectivity index (χ0v) is 5.64. The summed E-state index contributed by atoms with van der Waals surface area (Å²) in [6.45, 7) is 3.37. The average molecular weight is 151 g/mol. The second-order valence-electron chi connectivity index (χ2n) is 1.78. The Bertz CT molecular complexity index is 105.